The zero-order valence-corrected chi connectivity index (χ0v) is 10.9. The minimum atomic E-state index is 0.360. The molecule has 2 rings (SSSR count). The third kappa shape index (κ3) is 3.13. The Labute approximate surface area is 103 Å². The highest BCUT2D eigenvalue weighted by molar-refractivity contribution is 5.39. The maximum Gasteiger partial charge on any atom is 0.122 e. The van der Waals surface area contributed by atoms with Gasteiger partial charge in [-0.2, -0.15) is 0 Å². The first-order chi connectivity index (χ1) is 8.19. The number of ether oxygens (including phenoxy) is 2. The highest BCUT2D eigenvalue weighted by Crippen LogP contribution is 2.25. The highest BCUT2D eigenvalue weighted by Gasteiger charge is 2.18. The number of rotatable bonds is 3. The number of hydrogen-bond acceptors (Lipinski definition) is 3. The summed E-state index contributed by atoms with van der Waals surface area (Å²) in [6, 6.07) is 6.01. The predicted molar refractivity (Wildman–Crippen MR) is 68.9 cm³/mol. The molecule has 1 aliphatic heterocycles. The Morgan fingerprint density at radius 1 is 1.24 bits per heavy atom. The standard InChI is InChI=1S/C14H21NO2/c1-11-10-13(4-5-14(11)16-3)17-12-6-8-15(2)9-7-12/h4-5,10,12H,6-9H2,1-3H3. The second-order valence-electron chi connectivity index (χ2n) is 4.75. The molecule has 1 fully saturated rings. The van der Waals surface area contributed by atoms with Crippen LogP contribution in [0.15, 0.2) is 18.2 Å². The fourth-order valence-electron chi connectivity index (χ4n) is 2.22. The molecule has 0 aliphatic carbocycles. The van der Waals surface area contributed by atoms with E-state index in [0.29, 0.717) is 6.10 Å². The van der Waals surface area contributed by atoms with Gasteiger partial charge in [-0.05, 0) is 50.6 Å². The second-order valence-corrected chi connectivity index (χ2v) is 4.75. The predicted octanol–water partition coefficient (Wildman–Crippen LogP) is 2.48. The average Bonchev–Trinajstić information content (AvgIpc) is 2.32. The Balaban J connectivity index is 1.97. The molecule has 0 bridgehead atoms. The van der Waals surface area contributed by atoms with Gasteiger partial charge in [0.05, 0.1) is 7.11 Å². The largest absolute Gasteiger partial charge is 0.496 e. The number of hydrogen-bond donors (Lipinski definition) is 0. The maximum absolute atomic E-state index is 6.00. The van der Waals surface area contributed by atoms with E-state index < -0.39 is 0 Å². The van der Waals surface area contributed by atoms with Gasteiger partial charge >= 0.3 is 0 Å². The average molecular weight is 235 g/mol. The Hall–Kier alpha value is -1.22. The summed E-state index contributed by atoms with van der Waals surface area (Å²) in [5.74, 6) is 1.87. The van der Waals surface area contributed by atoms with Gasteiger partial charge in [0.25, 0.3) is 0 Å². The molecule has 0 unspecified atom stereocenters. The molecule has 1 saturated heterocycles. The SMILES string of the molecule is COc1ccc(OC2CCN(C)CC2)cc1C. The van der Waals surface area contributed by atoms with E-state index in [1.807, 2.05) is 19.1 Å². The fourth-order valence-corrected chi connectivity index (χ4v) is 2.22. The highest BCUT2D eigenvalue weighted by atomic mass is 16.5. The first-order valence-electron chi connectivity index (χ1n) is 6.19. The molecule has 0 radical (unpaired) electrons. The fraction of sp³-hybridized carbons (Fsp3) is 0.571. The summed E-state index contributed by atoms with van der Waals surface area (Å²) in [7, 11) is 3.85. The minimum Gasteiger partial charge on any atom is -0.496 e. The van der Waals surface area contributed by atoms with E-state index in [4.69, 9.17) is 9.47 Å². The lowest BCUT2D eigenvalue weighted by molar-refractivity contribution is 0.114. The van der Waals surface area contributed by atoms with Crippen LogP contribution in [0.2, 0.25) is 0 Å². The first kappa shape index (κ1) is 12.2. The first-order valence-corrected chi connectivity index (χ1v) is 6.19. The summed E-state index contributed by atoms with van der Waals surface area (Å²) in [4.78, 5) is 2.35. The molecule has 1 aromatic rings. The molecule has 0 N–H and O–H groups in total. The van der Waals surface area contributed by atoms with Crippen molar-refractivity contribution in [3.8, 4) is 11.5 Å². The topological polar surface area (TPSA) is 21.7 Å². The van der Waals surface area contributed by atoms with E-state index in [2.05, 4.69) is 18.0 Å². The molecule has 0 aromatic heterocycles. The molecule has 1 aromatic carbocycles. The van der Waals surface area contributed by atoms with Crippen LogP contribution < -0.4 is 9.47 Å². The van der Waals surface area contributed by atoms with Crippen molar-refractivity contribution in [2.45, 2.75) is 25.9 Å². The van der Waals surface area contributed by atoms with Crippen LogP contribution in [-0.4, -0.2) is 38.3 Å². The van der Waals surface area contributed by atoms with E-state index in [-0.39, 0.29) is 0 Å². The molecule has 0 atom stereocenters. The smallest absolute Gasteiger partial charge is 0.122 e. The van der Waals surface area contributed by atoms with Crippen molar-refractivity contribution in [1.82, 2.24) is 4.90 Å². The van der Waals surface area contributed by atoms with E-state index in [9.17, 15) is 0 Å². The Morgan fingerprint density at radius 3 is 2.53 bits per heavy atom. The van der Waals surface area contributed by atoms with Crippen LogP contribution in [0.4, 0.5) is 0 Å². The molecule has 3 nitrogen and oxygen atoms in total. The van der Waals surface area contributed by atoms with Crippen molar-refractivity contribution in [1.29, 1.82) is 0 Å². The summed E-state index contributed by atoms with van der Waals surface area (Å²) in [6.45, 7) is 4.29. The van der Waals surface area contributed by atoms with Gasteiger partial charge in [0.15, 0.2) is 0 Å². The quantitative estimate of drug-likeness (QED) is 0.803. The number of methoxy groups -OCH3 is 1. The summed E-state index contributed by atoms with van der Waals surface area (Å²) in [5, 5.41) is 0. The number of piperidine rings is 1. The van der Waals surface area contributed by atoms with Crippen LogP contribution in [-0.2, 0) is 0 Å². The minimum absolute atomic E-state index is 0.360. The Kier molecular flexibility index (Phi) is 3.89. The normalized spacial score (nSPS) is 18.1. The molecule has 17 heavy (non-hydrogen) atoms. The number of nitrogens with zero attached hydrogens (tertiary/aromatic N) is 1. The van der Waals surface area contributed by atoms with Crippen molar-refractivity contribution in [2.24, 2.45) is 0 Å². The van der Waals surface area contributed by atoms with Crippen molar-refractivity contribution < 1.29 is 9.47 Å². The van der Waals surface area contributed by atoms with Gasteiger partial charge in [0, 0.05) is 13.1 Å². The Bertz CT molecular complexity index is 370. The number of likely N-dealkylation sites (tertiary alicyclic amines) is 1. The van der Waals surface area contributed by atoms with Crippen molar-refractivity contribution in [2.75, 3.05) is 27.2 Å². The second kappa shape index (κ2) is 5.41. The van der Waals surface area contributed by atoms with E-state index in [0.717, 1.165) is 43.0 Å². The zero-order valence-electron chi connectivity index (χ0n) is 10.9. The molecule has 1 heterocycles. The molecule has 0 spiro atoms. The monoisotopic (exact) mass is 235 g/mol. The van der Waals surface area contributed by atoms with Crippen LogP contribution in [0.1, 0.15) is 18.4 Å². The van der Waals surface area contributed by atoms with Crippen LogP contribution in [0.5, 0.6) is 11.5 Å². The molecule has 0 saturated carbocycles. The van der Waals surface area contributed by atoms with Gasteiger partial charge in [-0.3, -0.25) is 0 Å². The van der Waals surface area contributed by atoms with Crippen molar-refractivity contribution >= 4 is 0 Å². The van der Waals surface area contributed by atoms with Gasteiger partial charge in [-0.25, -0.2) is 0 Å². The summed E-state index contributed by atoms with van der Waals surface area (Å²) in [5.41, 5.74) is 1.12. The summed E-state index contributed by atoms with van der Waals surface area (Å²) in [6.07, 6.45) is 2.59. The molecule has 94 valence electrons. The van der Waals surface area contributed by atoms with E-state index >= 15 is 0 Å². The molecular formula is C14H21NO2. The van der Waals surface area contributed by atoms with Crippen LogP contribution in [0, 0.1) is 6.92 Å². The lowest BCUT2D eigenvalue weighted by Crippen LogP contribution is -2.35. The number of aryl methyl sites for hydroxylation is 1. The molecule has 0 amide bonds. The van der Waals surface area contributed by atoms with E-state index in [1.165, 1.54) is 0 Å². The maximum atomic E-state index is 6.00. The zero-order chi connectivity index (χ0) is 12.3. The third-order valence-corrected chi connectivity index (χ3v) is 3.33. The summed E-state index contributed by atoms with van der Waals surface area (Å²) < 4.78 is 11.2. The van der Waals surface area contributed by atoms with Crippen LogP contribution in [0.25, 0.3) is 0 Å². The van der Waals surface area contributed by atoms with Crippen molar-refractivity contribution in [3.63, 3.8) is 0 Å². The molecule has 3 heteroatoms. The van der Waals surface area contributed by atoms with Gasteiger partial charge in [-0.1, -0.05) is 0 Å². The van der Waals surface area contributed by atoms with Crippen molar-refractivity contribution in [3.05, 3.63) is 23.8 Å². The third-order valence-electron chi connectivity index (χ3n) is 3.33. The lowest BCUT2D eigenvalue weighted by Gasteiger charge is -2.29. The van der Waals surface area contributed by atoms with Gasteiger partial charge in [0.2, 0.25) is 0 Å². The summed E-state index contributed by atoms with van der Waals surface area (Å²) >= 11 is 0. The van der Waals surface area contributed by atoms with Crippen LogP contribution >= 0.6 is 0 Å². The van der Waals surface area contributed by atoms with E-state index in [1.54, 1.807) is 7.11 Å². The van der Waals surface area contributed by atoms with Gasteiger partial charge in [-0.15, -0.1) is 0 Å². The number of benzene rings is 1. The molecular weight excluding hydrogens is 214 g/mol. The lowest BCUT2D eigenvalue weighted by atomic mass is 10.1. The van der Waals surface area contributed by atoms with Gasteiger partial charge < -0.3 is 14.4 Å². The Morgan fingerprint density at radius 2 is 1.94 bits per heavy atom. The van der Waals surface area contributed by atoms with Gasteiger partial charge in [0.1, 0.15) is 17.6 Å². The molecule has 1 aliphatic rings. The van der Waals surface area contributed by atoms with Crippen LogP contribution in [0.3, 0.4) is 0 Å².